The molecule has 0 saturated carbocycles. The van der Waals surface area contributed by atoms with E-state index in [9.17, 15) is 4.79 Å². The van der Waals surface area contributed by atoms with Gasteiger partial charge < -0.3 is 19.5 Å². The topological polar surface area (TPSA) is 60.0 Å². The van der Waals surface area contributed by atoms with Crippen molar-refractivity contribution >= 4 is 5.91 Å². The van der Waals surface area contributed by atoms with Crippen LogP contribution in [0, 0.1) is 0 Å². The van der Waals surface area contributed by atoms with E-state index in [2.05, 4.69) is 17.3 Å². The summed E-state index contributed by atoms with van der Waals surface area (Å²) >= 11 is 0. The average molecular weight is 413 g/mol. The van der Waals surface area contributed by atoms with Gasteiger partial charge >= 0.3 is 0 Å². The van der Waals surface area contributed by atoms with E-state index in [0.717, 1.165) is 43.9 Å². The number of nitrogens with zero attached hydrogens (tertiary/aromatic N) is 1. The summed E-state index contributed by atoms with van der Waals surface area (Å²) in [7, 11) is 2.14. The number of carbonyl (C=O) groups excluding carboxylic acids is 1. The average Bonchev–Trinajstić information content (AvgIpc) is 2.79. The minimum Gasteiger partial charge on any atom is -0.493 e. The Morgan fingerprint density at radius 2 is 1.93 bits per heavy atom. The van der Waals surface area contributed by atoms with E-state index in [1.54, 1.807) is 6.07 Å². The molecule has 6 nitrogen and oxygen atoms in total. The van der Waals surface area contributed by atoms with Gasteiger partial charge in [-0.2, -0.15) is 0 Å². The van der Waals surface area contributed by atoms with Gasteiger partial charge in [0.15, 0.2) is 0 Å². The lowest BCUT2D eigenvalue weighted by Gasteiger charge is -2.31. The number of rotatable bonds is 10. The van der Waals surface area contributed by atoms with Crippen LogP contribution in [0.1, 0.15) is 35.7 Å². The highest BCUT2D eigenvalue weighted by molar-refractivity contribution is 5.96. The molecule has 0 aromatic heterocycles. The number of ether oxygens (including phenoxy) is 3. The monoisotopic (exact) mass is 412 g/mol. The molecule has 1 aliphatic rings. The summed E-state index contributed by atoms with van der Waals surface area (Å²) in [5.74, 6) is 1.27. The van der Waals surface area contributed by atoms with E-state index >= 15 is 0 Å². The number of amides is 1. The Hall–Kier alpha value is -2.57. The lowest BCUT2D eigenvalue weighted by atomic mass is 10.1. The second-order valence-electron chi connectivity index (χ2n) is 7.43. The summed E-state index contributed by atoms with van der Waals surface area (Å²) in [5, 5.41) is 2.96. The number of hydrogen-bond donors (Lipinski definition) is 1. The molecule has 162 valence electrons. The molecule has 1 amide bonds. The first kappa shape index (κ1) is 22.1. The predicted molar refractivity (Wildman–Crippen MR) is 117 cm³/mol. The van der Waals surface area contributed by atoms with E-state index < -0.39 is 0 Å². The molecule has 6 heteroatoms. The SMILES string of the molecule is CCOc1ccccc1C(=O)NCc1cccc(OCCN(C)C2CCOCC2)c1. The van der Waals surface area contributed by atoms with Gasteiger partial charge in [-0.25, -0.2) is 0 Å². The van der Waals surface area contributed by atoms with Gasteiger partial charge in [0, 0.05) is 32.3 Å². The number of benzene rings is 2. The second-order valence-corrected chi connectivity index (χ2v) is 7.43. The van der Waals surface area contributed by atoms with Crippen molar-refractivity contribution in [1.29, 1.82) is 0 Å². The first-order valence-electron chi connectivity index (χ1n) is 10.7. The van der Waals surface area contributed by atoms with Crippen LogP contribution in [0.2, 0.25) is 0 Å². The molecule has 2 aromatic carbocycles. The third-order valence-corrected chi connectivity index (χ3v) is 5.31. The molecule has 0 spiro atoms. The molecule has 1 N–H and O–H groups in total. The lowest BCUT2D eigenvalue weighted by molar-refractivity contribution is 0.0392. The first-order chi connectivity index (χ1) is 14.7. The summed E-state index contributed by atoms with van der Waals surface area (Å²) < 4.78 is 16.9. The fourth-order valence-corrected chi connectivity index (χ4v) is 3.57. The minimum absolute atomic E-state index is 0.150. The van der Waals surface area contributed by atoms with E-state index in [0.29, 0.717) is 37.1 Å². The number of carbonyl (C=O) groups is 1. The molecule has 2 aromatic rings. The van der Waals surface area contributed by atoms with Crippen LogP contribution in [-0.4, -0.2) is 56.9 Å². The van der Waals surface area contributed by atoms with Gasteiger partial charge in [-0.05, 0) is 56.6 Å². The molecule has 1 saturated heterocycles. The molecule has 1 heterocycles. The fraction of sp³-hybridized carbons (Fsp3) is 0.458. The van der Waals surface area contributed by atoms with Crippen LogP contribution in [0.15, 0.2) is 48.5 Å². The molecule has 0 atom stereocenters. The summed E-state index contributed by atoms with van der Waals surface area (Å²) in [6.45, 7) is 6.05. The van der Waals surface area contributed by atoms with E-state index in [1.165, 1.54) is 0 Å². The Kier molecular flexibility index (Phi) is 8.53. The van der Waals surface area contributed by atoms with Crippen molar-refractivity contribution < 1.29 is 19.0 Å². The highest BCUT2D eigenvalue weighted by Crippen LogP contribution is 2.19. The number of para-hydroxylation sites is 1. The molecule has 0 unspecified atom stereocenters. The number of nitrogens with one attached hydrogen (secondary N) is 1. The second kappa shape index (κ2) is 11.6. The standard InChI is InChI=1S/C24H32N2O4/c1-3-29-23-10-5-4-9-22(23)24(27)25-18-19-7-6-8-21(17-19)30-16-13-26(2)20-11-14-28-15-12-20/h4-10,17,20H,3,11-16,18H2,1-2H3,(H,25,27). The van der Waals surface area contributed by atoms with Crippen LogP contribution in [-0.2, 0) is 11.3 Å². The van der Waals surface area contributed by atoms with Crippen molar-refractivity contribution in [3.63, 3.8) is 0 Å². The van der Waals surface area contributed by atoms with Crippen molar-refractivity contribution in [2.24, 2.45) is 0 Å². The zero-order chi connectivity index (χ0) is 21.2. The van der Waals surface area contributed by atoms with Gasteiger partial charge in [-0.1, -0.05) is 24.3 Å². The van der Waals surface area contributed by atoms with Crippen molar-refractivity contribution in [1.82, 2.24) is 10.2 Å². The molecular weight excluding hydrogens is 380 g/mol. The molecule has 30 heavy (non-hydrogen) atoms. The van der Waals surface area contributed by atoms with Crippen LogP contribution in [0.3, 0.4) is 0 Å². The summed E-state index contributed by atoms with van der Waals surface area (Å²) in [5.41, 5.74) is 1.54. The van der Waals surface area contributed by atoms with Crippen molar-refractivity contribution in [2.75, 3.05) is 40.0 Å². The van der Waals surface area contributed by atoms with Crippen molar-refractivity contribution in [3.05, 3.63) is 59.7 Å². The largest absolute Gasteiger partial charge is 0.493 e. The third kappa shape index (κ3) is 6.47. The highest BCUT2D eigenvalue weighted by atomic mass is 16.5. The quantitative estimate of drug-likeness (QED) is 0.647. The third-order valence-electron chi connectivity index (χ3n) is 5.31. The first-order valence-corrected chi connectivity index (χ1v) is 10.7. The smallest absolute Gasteiger partial charge is 0.255 e. The minimum atomic E-state index is -0.150. The Bertz CT molecular complexity index is 805. The summed E-state index contributed by atoms with van der Waals surface area (Å²) in [6.07, 6.45) is 2.16. The summed E-state index contributed by atoms with van der Waals surface area (Å²) in [6, 6.07) is 15.7. The Labute approximate surface area is 179 Å². The Balaban J connectivity index is 1.47. The fourth-order valence-electron chi connectivity index (χ4n) is 3.57. The Morgan fingerprint density at radius 3 is 2.73 bits per heavy atom. The van der Waals surface area contributed by atoms with Gasteiger partial charge in [-0.15, -0.1) is 0 Å². The molecular formula is C24H32N2O4. The molecule has 3 rings (SSSR count). The molecule has 1 fully saturated rings. The van der Waals surface area contributed by atoms with Crippen LogP contribution < -0.4 is 14.8 Å². The van der Waals surface area contributed by atoms with E-state index in [1.807, 2.05) is 49.4 Å². The van der Waals surface area contributed by atoms with Gasteiger partial charge in [0.1, 0.15) is 18.1 Å². The van der Waals surface area contributed by atoms with Crippen LogP contribution in [0.25, 0.3) is 0 Å². The highest BCUT2D eigenvalue weighted by Gasteiger charge is 2.18. The maximum Gasteiger partial charge on any atom is 0.255 e. The number of likely N-dealkylation sites (N-methyl/N-ethyl adjacent to an activating group) is 1. The maximum absolute atomic E-state index is 12.6. The lowest BCUT2D eigenvalue weighted by Crippen LogP contribution is -2.38. The van der Waals surface area contributed by atoms with Gasteiger partial charge in [0.25, 0.3) is 5.91 Å². The molecule has 1 aliphatic heterocycles. The maximum atomic E-state index is 12.6. The van der Waals surface area contributed by atoms with Crippen LogP contribution >= 0.6 is 0 Å². The van der Waals surface area contributed by atoms with Crippen molar-refractivity contribution in [2.45, 2.75) is 32.4 Å². The van der Waals surface area contributed by atoms with Crippen molar-refractivity contribution in [3.8, 4) is 11.5 Å². The number of hydrogen-bond acceptors (Lipinski definition) is 5. The molecule has 0 bridgehead atoms. The Morgan fingerprint density at radius 1 is 1.13 bits per heavy atom. The van der Waals surface area contributed by atoms with Crippen LogP contribution in [0.5, 0.6) is 11.5 Å². The zero-order valence-electron chi connectivity index (χ0n) is 17.9. The van der Waals surface area contributed by atoms with Crippen LogP contribution in [0.4, 0.5) is 0 Å². The normalized spacial score (nSPS) is 14.5. The molecule has 0 aliphatic carbocycles. The van der Waals surface area contributed by atoms with E-state index in [-0.39, 0.29) is 5.91 Å². The summed E-state index contributed by atoms with van der Waals surface area (Å²) in [4.78, 5) is 14.9. The zero-order valence-corrected chi connectivity index (χ0v) is 17.9. The van der Waals surface area contributed by atoms with E-state index in [4.69, 9.17) is 14.2 Å². The van der Waals surface area contributed by atoms with Gasteiger partial charge in [0.05, 0.1) is 12.2 Å². The van der Waals surface area contributed by atoms with Gasteiger partial charge in [-0.3, -0.25) is 9.69 Å². The molecule has 0 radical (unpaired) electrons. The van der Waals surface area contributed by atoms with Gasteiger partial charge in [0.2, 0.25) is 0 Å². The predicted octanol–water partition coefficient (Wildman–Crippen LogP) is 3.50.